The lowest BCUT2D eigenvalue weighted by atomic mass is 10.1. The van der Waals surface area contributed by atoms with Gasteiger partial charge in [-0.1, -0.05) is 22.0 Å². The number of amides is 1. The summed E-state index contributed by atoms with van der Waals surface area (Å²) in [6, 6.07) is 5.93. The van der Waals surface area contributed by atoms with Crippen LogP contribution < -0.4 is 5.32 Å². The second kappa shape index (κ2) is 5.15. The third-order valence-corrected chi connectivity index (χ3v) is 2.51. The molecule has 0 unspecified atom stereocenters. The van der Waals surface area contributed by atoms with Crippen molar-refractivity contribution >= 4 is 27.5 Å². The van der Waals surface area contributed by atoms with Gasteiger partial charge in [-0.2, -0.15) is 0 Å². The van der Waals surface area contributed by atoms with E-state index in [4.69, 9.17) is 0 Å². The van der Waals surface area contributed by atoms with E-state index in [-0.39, 0.29) is 5.91 Å². The van der Waals surface area contributed by atoms with Crippen LogP contribution in [0.25, 0.3) is 0 Å². The molecule has 0 aromatic heterocycles. The van der Waals surface area contributed by atoms with Gasteiger partial charge in [-0.3, -0.25) is 4.79 Å². The number of anilines is 1. The first-order valence-corrected chi connectivity index (χ1v) is 5.68. The second-order valence-electron chi connectivity index (χ2n) is 3.29. The number of halogens is 1. The second-order valence-corrected chi connectivity index (χ2v) is 4.08. The van der Waals surface area contributed by atoms with Gasteiger partial charge in [0.1, 0.15) is 0 Å². The lowest BCUT2D eigenvalue weighted by molar-refractivity contribution is -0.115. The zero-order chi connectivity index (χ0) is 10.6. The summed E-state index contributed by atoms with van der Waals surface area (Å²) in [6.45, 7) is 4.09. The van der Waals surface area contributed by atoms with Crippen molar-refractivity contribution in [1.29, 1.82) is 0 Å². The molecular weight excluding hydrogens is 242 g/mol. The van der Waals surface area contributed by atoms with Crippen LogP contribution in [0.15, 0.2) is 18.2 Å². The van der Waals surface area contributed by atoms with Gasteiger partial charge in [0.2, 0.25) is 5.91 Å². The van der Waals surface area contributed by atoms with E-state index in [9.17, 15) is 4.79 Å². The van der Waals surface area contributed by atoms with Crippen LogP contribution in [0.4, 0.5) is 5.69 Å². The van der Waals surface area contributed by atoms with Crippen molar-refractivity contribution in [2.45, 2.75) is 20.3 Å². The van der Waals surface area contributed by atoms with Gasteiger partial charge in [-0.15, -0.1) is 0 Å². The maximum atomic E-state index is 11.3. The molecule has 14 heavy (non-hydrogen) atoms. The van der Waals surface area contributed by atoms with E-state index in [1.807, 2.05) is 25.1 Å². The van der Waals surface area contributed by atoms with Crippen LogP contribution in [-0.4, -0.2) is 11.2 Å². The first-order chi connectivity index (χ1) is 6.63. The number of benzene rings is 1. The predicted octanol–water partition coefficient (Wildman–Crippen LogP) is 3.03. The largest absolute Gasteiger partial charge is 0.326 e. The molecule has 0 aliphatic heterocycles. The molecule has 0 saturated carbocycles. The molecule has 1 amide bonds. The minimum atomic E-state index is 0.0464. The highest BCUT2D eigenvalue weighted by Gasteiger charge is 2.01. The highest BCUT2D eigenvalue weighted by Crippen LogP contribution is 2.14. The van der Waals surface area contributed by atoms with Crippen molar-refractivity contribution in [3.05, 3.63) is 29.3 Å². The molecule has 1 N–H and O–H groups in total. The van der Waals surface area contributed by atoms with E-state index in [0.717, 1.165) is 5.69 Å². The summed E-state index contributed by atoms with van der Waals surface area (Å²) in [5, 5.41) is 3.54. The van der Waals surface area contributed by atoms with E-state index in [1.54, 1.807) is 0 Å². The molecule has 0 aliphatic carbocycles. The SMILES string of the molecule is Cc1ccc(NC(=O)CCBr)cc1C. The van der Waals surface area contributed by atoms with Crippen LogP contribution in [0.2, 0.25) is 0 Å². The Balaban J connectivity index is 2.68. The molecule has 0 heterocycles. The summed E-state index contributed by atoms with van der Waals surface area (Å²) in [5.74, 6) is 0.0464. The van der Waals surface area contributed by atoms with Crippen LogP contribution in [-0.2, 0) is 4.79 Å². The summed E-state index contributed by atoms with van der Waals surface area (Å²) in [5.41, 5.74) is 3.31. The molecule has 3 heteroatoms. The van der Waals surface area contributed by atoms with Crippen LogP contribution in [0.5, 0.6) is 0 Å². The molecule has 1 aromatic carbocycles. The van der Waals surface area contributed by atoms with E-state index < -0.39 is 0 Å². The first kappa shape index (κ1) is 11.2. The Labute approximate surface area is 92.8 Å². The van der Waals surface area contributed by atoms with E-state index in [2.05, 4.69) is 28.2 Å². The Morgan fingerprint density at radius 2 is 2.07 bits per heavy atom. The Morgan fingerprint density at radius 1 is 1.36 bits per heavy atom. The van der Waals surface area contributed by atoms with Crippen molar-refractivity contribution in [1.82, 2.24) is 0 Å². The number of nitrogens with one attached hydrogen (secondary N) is 1. The van der Waals surface area contributed by atoms with Crippen molar-refractivity contribution in [2.24, 2.45) is 0 Å². The molecule has 0 fully saturated rings. The normalized spacial score (nSPS) is 9.93. The smallest absolute Gasteiger partial charge is 0.225 e. The van der Waals surface area contributed by atoms with Gasteiger partial charge in [-0.05, 0) is 37.1 Å². The highest BCUT2D eigenvalue weighted by atomic mass is 79.9. The Bertz CT molecular complexity index is 336. The standard InChI is InChI=1S/C11H14BrNO/c1-8-3-4-10(7-9(8)2)13-11(14)5-6-12/h3-4,7H,5-6H2,1-2H3,(H,13,14). The monoisotopic (exact) mass is 255 g/mol. The van der Waals surface area contributed by atoms with Crippen LogP contribution in [0.3, 0.4) is 0 Å². The molecule has 0 radical (unpaired) electrons. The van der Waals surface area contributed by atoms with Gasteiger partial charge in [0.05, 0.1) is 0 Å². The molecule has 0 saturated heterocycles. The van der Waals surface area contributed by atoms with Crippen molar-refractivity contribution in [2.75, 3.05) is 10.6 Å². The molecule has 0 bridgehead atoms. The number of aryl methyl sites for hydroxylation is 2. The molecular formula is C11H14BrNO. The third kappa shape index (κ3) is 3.14. The fourth-order valence-corrected chi connectivity index (χ4v) is 1.49. The first-order valence-electron chi connectivity index (χ1n) is 4.56. The molecule has 1 rings (SSSR count). The van der Waals surface area contributed by atoms with Crippen LogP contribution in [0, 0.1) is 13.8 Å². The summed E-state index contributed by atoms with van der Waals surface area (Å²) >= 11 is 3.23. The molecule has 1 aromatic rings. The molecule has 0 atom stereocenters. The topological polar surface area (TPSA) is 29.1 Å². The average molecular weight is 256 g/mol. The quantitative estimate of drug-likeness (QED) is 0.827. The number of rotatable bonds is 3. The van der Waals surface area contributed by atoms with Crippen molar-refractivity contribution < 1.29 is 4.79 Å². The number of carbonyl (C=O) groups is 1. The molecule has 0 aliphatic rings. The van der Waals surface area contributed by atoms with Gasteiger partial charge in [0.15, 0.2) is 0 Å². The summed E-state index contributed by atoms with van der Waals surface area (Å²) in [7, 11) is 0. The number of hydrogen-bond acceptors (Lipinski definition) is 1. The van der Waals surface area contributed by atoms with Gasteiger partial charge in [0, 0.05) is 17.4 Å². The summed E-state index contributed by atoms with van der Waals surface area (Å²) < 4.78 is 0. The summed E-state index contributed by atoms with van der Waals surface area (Å²) in [6.07, 6.45) is 0.507. The fourth-order valence-electron chi connectivity index (χ4n) is 1.13. The Kier molecular flexibility index (Phi) is 4.14. The van der Waals surface area contributed by atoms with E-state index in [0.29, 0.717) is 11.8 Å². The van der Waals surface area contributed by atoms with Crippen LogP contribution in [0.1, 0.15) is 17.5 Å². The maximum Gasteiger partial charge on any atom is 0.225 e. The van der Waals surface area contributed by atoms with Gasteiger partial charge >= 0.3 is 0 Å². The Hall–Kier alpha value is -0.830. The maximum absolute atomic E-state index is 11.3. The molecule has 76 valence electrons. The zero-order valence-corrected chi connectivity index (χ0v) is 10.0. The van der Waals surface area contributed by atoms with Crippen molar-refractivity contribution in [3.8, 4) is 0 Å². The van der Waals surface area contributed by atoms with Crippen molar-refractivity contribution in [3.63, 3.8) is 0 Å². The van der Waals surface area contributed by atoms with Gasteiger partial charge in [-0.25, -0.2) is 0 Å². The lowest BCUT2D eigenvalue weighted by Crippen LogP contribution is -2.11. The van der Waals surface area contributed by atoms with Gasteiger partial charge < -0.3 is 5.32 Å². The molecule has 0 spiro atoms. The fraction of sp³-hybridized carbons (Fsp3) is 0.364. The number of alkyl halides is 1. The highest BCUT2D eigenvalue weighted by molar-refractivity contribution is 9.09. The van der Waals surface area contributed by atoms with E-state index >= 15 is 0 Å². The average Bonchev–Trinajstić information content (AvgIpc) is 2.12. The molecule has 2 nitrogen and oxygen atoms in total. The van der Waals surface area contributed by atoms with Crippen LogP contribution >= 0.6 is 15.9 Å². The zero-order valence-electron chi connectivity index (χ0n) is 8.43. The third-order valence-electron chi connectivity index (χ3n) is 2.11. The summed E-state index contributed by atoms with van der Waals surface area (Å²) in [4.78, 5) is 11.3. The minimum Gasteiger partial charge on any atom is -0.326 e. The number of hydrogen-bond donors (Lipinski definition) is 1. The van der Waals surface area contributed by atoms with Gasteiger partial charge in [0.25, 0.3) is 0 Å². The predicted molar refractivity (Wildman–Crippen MR) is 63.0 cm³/mol. The minimum absolute atomic E-state index is 0.0464. The number of carbonyl (C=O) groups excluding carboxylic acids is 1. The lowest BCUT2D eigenvalue weighted by Gasteiger charge is -2.06. The Morgan fingerprint density at radius 3 is 2.64 bits per heavy atom. The van der Waals surface area contributed by atoms with E-state index in [1.165, 1.54) is 11.1 Å².